The van der Waals surface area contributed by atoms with E-state index in [1.807, 2.05) is 60.7 Å². The van der Waals surface area contributed by atoms with Crippen molar-refractivity contribution in [3.63, 3.8) is 0 Å². The molecule has 1 heterocycles. The molecule has 0 bridgehead atoms. The molecule has 3 aromatic rings. The maximum absolute atomic E-state index is 5.95. The van der Waals surface area contributed by atoms with E-state index in [9.17, 15) is 0 Å². The minimum atomic E-state index is 0.448. The van der Waals surface area contributed by atoms with Crippen molar-refractivity contribution < 1.29 is 14.5 Å². The Morgan fingerprint density at radius 2 is 1.26 bits per heavy atom. The van der Waals surface area contributed by atoms with Crippen molar-refractivity contribution in [2.45, 2.75) is 13.2 Å². The van der Waals surface area contributed by atoms with Gasteiger partial charge in [0.1, 0.15) is 18.9 Å². The quantitative estimate of drug-likeness (QED) is 0.760. The van der Waals surface area contributed by atoms with Crippen LogP contribution in [-0.2, 0) is 13.2 Å². The van der Waals surface area contributed by atoms with Crippen LogP contribution in [0, 0.1) is 0 Å². The molecule has 0 aliphatic carbocycles. The van der Waals surface area contributed by atoms with Crippen LogP contribution in [0.1, 0.15) is 11.1 Å². The molecule has 0 aliphatic rings. The van der Waals surface area contributed by atoms with Crippen molar-refractivity contribution in [2.24, 2.45) is 0 Å². The molecular weight excluding hydrogens is 288 g/mol. The second-order valence-corrected chi connectivity index (χ2v) is 5.16. The lowest BCUT2D eigenvalue weighted by molar-refractivity contribution is -0.409. The molecule has 2 aromatic carbocycles. The van der Waals surface area contributed by atoms with Crippen LogP contribution in [0.4, 0.5) is 5.69 Å². The van der Waals surface area contributed by atoms with Crippen molar-refractivity contribution in [3.8, 4) is 11.8 Å². The summed E-state index contributed by atoms with van der Waals surface area (Å²) in [7, 11) is 0. The van der Waals surface area contributed by atoms with Crippen LogP contribution in [0.3, 0.4) is 0 Å². The van der Waals surface area contributed by atoms with E-state index < -0.39 is 0 Å². The van der Waals surface area contributed by atoms with Crippen molar-refractivity contribution in [1.29, 1.82) is 0 Å². The molecule has 0 aliphatic heterocycles. The van der Waals surface area contributed by atoms with Crippen LogP contribution in [0.2, 0.25) is 0 Å². The smallest absolute Gasteiger partial charge is 0.393 e. The SMILES string of the molecule is Nc1ccc(OCc2ccccc2)[nH+]c1OCc1ccccc1. The topological polar surface area (TPSA) is 58.6 Å². The molecule has 0 saturated heterocycles. The van der Waals surface area contributed by atoms with E-state index in [1.54, 1.807) is 12.1 Å². The standard InChI is InChI=1S/C19H18N2O2/c20-17-11-12-18(22-13-15-7-3-1-4-8-15)21-19(17)23-14-16-9-5-2-6-10-16/h1-12H,13-14,20H2/p+1. The van der Waals surface area contributed by atoms with E-state index in [0.29, 0.717) is 30.7 Å². The monoisotopic (exact) mass is 307 g/mol. The molecule has 0 fully saturated rings. The zero-order valence-electron chi connectivity index (χ0n) is 12.7. The molecule has 4 nitrogen and oxygen atoms in total. The van der Waals surface area contributed by atoms with Gasteiger partial charge >= 0.3 is 11.8 Å². The van der Waals surface area contributed by atoms with Gasteiger partial charge in [-0.25, -0.2) is 0 Å². The number of pyridine rings is 1. The third-order valence-electron chi connectivity index (χ3n) is 3.38. The number of anilines is 1. The molecule has 3 rings (SSSR count). The van der Waals surface area contributed by atoms with Crippen molar-refractivity contribution in [2.75, 3.05) is 5.73 Å². The highest BCUT2D eigenvalue weighted by atomic mass is 16.5. The lowest BCUT2D eigenvalue weighted by Gasteiger charge is -2.06. The maximum atomic E-state index is 5.95. The van der Waals surface area contributed by atoms with Gasteiger partial charge in [0.05, 0.1) is 6.07 Å². The summed E-state index contributed by atoms with van der Waals surface area (Å²) < 4.78 is 11.5. The molecule has 0 spiro atoms. The Morgan fingerprint density at radius 3 is 1.87 bits per heavy atom. The Bertz CT molecular complexity index is 746. The number of hydrogen-bond acceptors (Lipinski definition) is 3. The first-order valence-electron chi connectivity index (χ1n) is 7.46. The van der Waals surface area contributed by atoms with Crippen LogP contribution < -0.4 is 20.2 Å². The summed E-state index contributed by atoms with van der Waals surface area (Å²) in [6.07, 6.45) is 0. The minimum Gasteiger partial charge on any atom is -0.439 e. The van der Waals surface area contributed by atoms with Crippen LogP contribution in [0.15, 0.2) is 72.8 Å². The molecule has 0 atom stereocenters. The summed E-state index contributed by atoms with van der Waals surface area (Å²) in [5.74, 6) is 1.13. The second kappa shape index (κ2) is 7.31. The predicted octanol–water partition coefficient (Wildman–Crippen LogP) is 3.24. The van der Waals surface area contributed by atoms with E-state index in [2.05, 4.69) is 4.98 Å². The van der Waals surface area contributed by atoms with Gasteiger partial charge in [-0.3, -0.25) is 0 Å². The molecule has 0 saturated carbocycles. The summed E-state index contributed by atoms with van der Waals surface area (Å²) in [6.45, 7) is 0.934. The summed E-state index contributed by atoms with van der Waals surface area (Å²) in [5, 5.41) is 0. The first-order chi connectivity index (χ1) is 11.3. The number of H-pyrrole nitrogens is 1. The number of aromatic nitrogens is 1. The number of rotatable bonds is 6. The number of aromatic amines is 1. The van der Waals surface area contributed by atoms with Crippen LogP contribution in [0.25, 0.3) is 0 Å². The normalized spacial score (nSPS) is 10.3. The lowest BCUT2D eigenvalue weighted by atomic mass is 10.2. The summed E-state index contributed by atoms with van der Waals surface area (Å²) >= 11 is 0. The van der Waals surface area contributed by atoms with E-state index in [0.717, 1.165) is 11.1 Å². The molecular formula is C19H19N2O2+. The number of nitrogen functional groups attached to an aromatic ring is 1. The number of nitrogens with one attached hydrogen (secondary N) is 1. The van der Waals surface area contributed by atoms with Crippen LogP contribution in [0.5, 0.6) is 11.8 Å². The molecule has 116 valence electrons. The Morgan fingerprint density at radius 1 is 0.696 bits per heavy atom. The van der Waals surface area contributed by atoms with Gasteiger partial charge in [-0.1, -0.05) is 60.7 Å². The maximum Gasteiger partial charge on any atom is 0.393 e. The van der Waals surface area contributed by atoms with Crippen molar-refractivity contribution >= 4 is 5.69 Å². The average Bonchev–Trinajstić information content (AvgIpc) is 2.62. The number of benzene rings is 2. The first kappa shape index (κ1) is 14.9. The molecule has 0 radical (unpaired) electrons. The Hall–Kier alpha value is -3.01. The minimum absolute atomic E-state index is 0.448. The fourth-order valence-electron chi connectivity index (χ4n) is 2.14. The highest BCUT2D eigenvalue weighted by Crippen LogP contribution is 2.19. The highest BCUT2D eigenvalue weighted by Gasteiger charge is 2.13. The number of ether oxygens (including phenoxy) is 2. The highest BCUT2D eigenvalue weighted by molar-refractivity contribution is 5.45. The van der Waals surface area contributed by atoms with E-state index in [-0.39, 0.29) is 0 Å². The predicted molar refractivity (Wildman–Crippen MR) is 89.0 cm³/mol. The summed E-state index contributed by atoms with van der Waals surface area (Å²) in [6, 6.07) is 23.5. The van der Waals surface area contributed by atoms with Gasteiger partial charge in [-0.2, -0.15) is 0 Å². The zero-order chi connectivity index (χ0) is 15.9. The Labute approximate surface area is 135 Å². The Balaban J connectivity index is 1.64. The summed E-state index contributed by atoms with van der Waals surface area (Å²) in [5.41, 5.74) is 8.68. The lowest BCUT2D eigenvalue weighted by Crippen LogP contribution is -2.16. The van der Waals surface area contributed by atoms with Crippen LogP contribution >= 0.6 is 0 Å². The molecule has 3 N–H and O–H groups in total. The Kier molecular flexibility index (Phi) is 4.74. The van der Waals surface area contributed by atoms with Gasteiger partial charge in [-0.05, 0) is 17.2 Å². The van der Waals surface area contributed by atoms with Gasteiger partial charge in [-0.15, -0.1) is 4.98 Å². The van der Waals surface area contributed by atoms with E-state index >= 15 is 0 Å². The van der Waals surface area contributed by atoms with Crippen molar-refractivity contribution in [3.05, 3.63) is 83.9 Å². The average molecular weight is 307 g/mol. The molecule has 0 unspecified atom stereocenters. The number of hydrogen-bond donors (Lipinski definition) is 1. The number of nitrogens with two attached hydrogens (primary N) is 1. The third kappa shape index (κ3) is 4.23. The van der Waals surface area contributed by atoms with Crippen molar-refractivity contribution in [1.82, 2.24) is 0 Å². The zero-order valence-corrected chi connectivity index (χ0v) is 12.7. The third-order valence-corrected chi connectivity index (χ3v) is 3.38. The largest absolute Gasteiger partial charge is 0.439 e. The molecule has 23 heavy (non-hydrogen) atoms. The fraction of sp³-hybridized carbons (Fsp3) is 0.105. The molecule has 4 heteroatoms. The molecule has 0 amide bonds. The second-order valence-electron chi connectivity index (χ2n) is 5.16. The van der Waals surface area contributed by atoms with Crippen LogP contribution in [-0.4, -0.2) is 0 Å². The van der Waals surface area contributed by atoms with E-state index in [1.165, 1.54) is 0 Å². The molecule has 1 aromatic heterocycles. The van der Waals surface area contributed by atoms with Gasteiger partial charge in [0.25, 0.3) is 0 Å². The fourth-order valence-corrected chi connectivity index (χ4v) is 2.14. The first-order valence-corrected chi connectivity index (χ1v) is 7.46. The van der Waals surface area contributed by atoms with Gasteiger partial charge in [0.2, 0.25) is 0 Å². The summed E-state index contributed by atoms with van der Waals surface area (Å²) in [4.78, 5) is 3.08. The van der Waals surface area contributed by atoms with Gasteiger partial charge < -0.3 is 15.2 Å². The van der Waals surface area contributed by atoms with Gasteiger partial charge in [0.15, 0.2) is 0 Å². The van der Waals surface area contributed by atoms with Gasteiger partial charge in [0, 0.05) is 0 Å². The van der Waals surface area contributed by atoms with E-state index in [4.69, 9.17) is 15.2 Å².